The van der Waals surface area contributed by atoms with Crippen LogP contribution in [-0.2, 0) is 0 Å². The van der Waals surface area contributed by atoms with Gasteiger partial charge >= 0.3 is 0 Å². The second-order valence-electron chi connectivity index (χ2n) is 4.95. The maximum absolute atomic E-state index is 12.4. The second kappa shape index (κ2) is 5.32. The first-order valence-electron chi connectivity index (χ1n) is 6.74. The van der Waals surface area contributed by atoms with E-state index in [9.17, 15) is 4.79 Å². The number of para-hydroxylation sites is 1. The van der Waals surface area contributed by atoms with Crippen LogP contribution in [0.2, 0.25) is 0 Å². The lowest BCUT2D eigenvalue weighted by Gasteiger charge is -2.05. The van der Waals surface area contributed by atoms with Crippen molar-refractivity contribution in [2.24, 2.45) is 5.10 Å². The summed E-state index contributed by atoms with van der Waals surface area (Å²) in [5.41, 5.74) is 2.68. The van der Waals surface area contributed by atoms with E-state index in [2.05, 4.69) is 10.1 Å². The molecule has 3 rings (SSSR count). The number of hydrogen-bond donors (Lipinski definition) is 0. The van der Waals surface area contributed by atoms with Crippen molar-refractivity contribution in [1.82, 2.24) is 9.66 Å². The molecule has 0 aliphatic rings. The highest BCUT2D eigenvalue weighted by atomic mass is 16.1. The number of aromatic nitrogens is 2. The van der Waals surface area contributed by atoms with Gasteiger partial charge in [0.25, 0.3) is 5.56 Å². The van der Waals surface area contributed by atoms with Gasteiger partial charge in [0.05, 0.1) is 17.1 Å². The van der Waals surface area contributed by atoms with Crippen molar-refractivity contribution in [2.45, 2.75) is 13.8 Å². The van der Waals surface area contributed by atoms with Gasteiger partial charge in [-0.15, -0.1) is 0 Å². The van der Waals surface area contributed by atoms with Crippen LogP contribution in [0.1, 0.15) is 17.0 Å². The zero-order chi connectivity index (χ0) is 14.8. The Bertz CT molecular complexity index is 877. The number of nitrogens with zero attached hydrogens (tertiary/aromatic N) is 3. The molecule has 0 aliphatic carbocycles. The lowest BCUT2D eigenvalue weighted by atomic mass is 10.2. The summed E-state index contributed by atoms with van der Waals surface area (Å²) in [6.45, 7) is 3.81. The third-order valence-electron chi connectivity index (χ3n) is 3.32. The molecule has 1 aromatic heterocycles. The number of fused-ring (bicyclic) bond motifs is 1. The maximum atomic E-state index is 12.4. The standard InChI is InChI=1S/C17H15N3O/c1-12-7-9-14(10-8-12)11-18-20-13(2)19-16-6-4-3-5-15(16)17(20)21/h3-11H,1-2H3/b18-11-. The van der Waals surface area contributed by atoms with E-state index in [1.807, 2.05) is 49.4 Å². The van der Waals surface area contributed by atoms with E-state index in [0.29, 0.717) is 16.7 Å². The summed E-state index contributed by atoms with van der Waals surface area (Å²) >= 11 is 0. The second-order valence-corrected chi connectivity index (χ2v) is 4.95. The molecule has 0 saturated heterocycles. The molecule has 0 unspecified atom stereocenters. The minimum absolute atomic E-state index is 0.151. The molecule has 0 N–H and O–H groups in total. The van der Waals surface area contributed by atoms with E-state index >= 15 is 0 Å². The lowest BCUT2D eigenvalue weighted by molar-refractivity contribution is 0.771. The quantitative estimate of drug-likeness (QED) is 0.676. The highest BCUT2D eigenvalue weighted by Gasteiger charge is 2.05. The van der Waals surface area contributed by atoms with Gasteiger partial charge in [-0.05, 0) is 31.5 Å². The molecule has 3 aromatic rings. The van der Waals surface area contributed by atoms with E-state index in [1.54, 1.807) is 19.2 Å². The minimum atomic E-state index is -0.151. The summed E-state index contributed by atoms with van der Waals surface area (Å²) in [7, 11) is 0. The topological polar surface area (TPSA) is 47.2 Å². The molecule has 0 saturated carbocycles. The molecule has 0 atom stereocenters. The Morgan fingerprint density at radius 3 is 2.52 bits per heavy atom. The minimum Gasteiger partial charge on any atom is -0.267 e. The normalized spacial score (nSPS) is 11.3. The first-order valence-corrected chi connectivity index (χ1v) is 6.74. The van der Waals surface area contributed by atoms with Gasteiger partial charge in [0.1, 0.15) is 5.82 Å². The van der Waals surface area contributed by atoms with Gasteiger partial charge < -0.3 is 0 Å². The molecular weight excluding hydrogens is 262 g/mol. The Kier molecular flexibility index (Phi) is 3.36. The fourth-order valence-corrected chi connectivity index (χ4v) is 2.15. The van der Waals surface area contributed by atoms with E-state index in [0.717, 1.165) is 5.56 Å². The molecule has 0 spiro atoms. The third kappa shape index (κ3) is 2.60. The summed E-state index contributed by atoms with van der Waals surface area (Å²) in [6.07, 6.45) is 1.67. The van der Waals surface area contributed by atoms with Crippen LogP contribution in [0, 0.1) is 13.8 Å². The predicted octanol–water partition coefficient (Wildman–Crippen LogP) is 2.90. The largest absolute Gasteiger partial charge is 0.282 e. The molecule has 104 valence electrons. The lowest BCUT2D eigenvalue weighted by Crippen LogP contribution is -2.20. The van der Waals surface area contributed by atoms with Crippen molar-refractivity contribution in [2.75, 3.05) is 0 Å². The monoisotopic (exact) mass is 277 g/mol. The van der Waals surface area contributed by atoms with E-state index < -0.39 is 0 Å². The van der Waals surface area contributed by atoms with E-state index in [1.165, 1.54) is 10.2 Å². The Balaban J connectivity index is 2.08. The van der Waals surface area contributed by atoms with Gasteiger partial charge in [0, 0.05) is 0 Å². The molecule has 0 radical (unpaired) electrons. The smallest absolute Gasteiger partial charge is 0.267 e. The zero-order valence-corrected chi connectivity index (χ0v) is 11.9. The van der Waals surface area contributed by atoms with Crippen LogP contribution in [-0.4, -0.2) is 15.9 Å². The highest BCUT2D eigenvalue weighted by molar-refractivity contribution is 5.80. The van der Waals surface area contributed by atoms with Gasteiger partial charge in [-0.2, -0.15) is 9.78 Å². The molecule has 0 aliphatic heterocycles. The molecule has 21 heavy (non-hydrogen) atoms. The maximum Gasteiger partial charge on any atom is 0.282 e. The van der Waals surface area contributed by atoms with Crippen LogP contribution in [0.15, 0.2) is 58.4 Å². The Hall–Kier alpha value is -2.75. The summed E-state index contributed by atoms with van der Waals surface area (Å²) in [6, 6.07) is 15.2. The van der Waals surface area contributed by atoms with Crippen LogP contribution in [0.25, 0.3) is 10.9 Å². The Morgan fingerprint density at radius 2 is 1.76 bits per heavy atom. The first kappa shape index (κ1) is 13.2. The van der Waals surface area contributed by atoms with Crippen LogP contribution < -0.4 is 5.56 Å². The number of aryl methyl sites for hydroxylation is 2. The van der Waals surface area contributed by atoms with Gasteiger partial charge in [-0.3, -0.25) is 4.79 Å². The number of rotatable bonds is 2. The Morgan fingerprint density at radius 1 is 1.05 bits per heavy atom. The molecular formula is C17H15N3O. The SMILES string of the molecule is Cc1ccc(/C=N\n2c(C)nc3ccccc3c2=O)cc1. The summed E-state index contributed by atoms with van der Waals surface area (Å²) in [5, 5.41) is 4.85. The van der Waals surface area contributed by atoms with Gasteiger partial charge in [0.15, 0.2) is 0 Å². The number of hydrogen-bond acceptors (Lipinski definition) is 3. The molecule has 4 nitrogen and oxygen atoms in total. The zero-order valence-electron chi connectivity index (χ0n) is 11.9. The number of benzene rings is 2. The fraction of sp³-hybridized carbons (Fsp3) is 0.118. The van der Waals surface area contributed by atoms with Crippen LogP contribution in [0.4, 0.5) is 0 Å². The van der Waals surface area contributed by atoms with Crippen molar-refractivity contribution < 1.29 is 0 Å². The first-order chi connectivity index (χ1) is 10.1. The van der Waals surface area contributed by atoms with Crippen molar-refractivity contribution in [1.29, 1.82) is 0 Å². The average Bonchev–Trinajstić information content (AvgIpc) is 2.49. The summed E-state index contributed by atoms with van der Waals surface area (Å²) in [5.74, 6) is 0.571. The summed E-state index contributed by atoms with van der Waals surface area (Å²) < 4.78 is 1.34. The molecule has 2 aromatic carbocycles. The van der Waals surface area contributed by atoms with Crippen molar-refractivity contribution in [3.8, 4) is 0 Å². The molecule has 0 fully saturated rings. The molecule has 1 heterocycles. The van der Waals surface area contributed by atoms with Crippen molar-refractivity contribution >= 4 is 17.1 Å². The van der Waals surface area contributed by atoms with Crippen molar-refractivity contribution in [3.63, 3.8) is 0 Å². The molecule has 0 bridgehead atoms. The highest BCUT2D eigenvalue weighted by Crippen LogP contribution is 2.07. The third-order valence-corrected chi connectivity index (χ3v) is 3.32. The average molecular weight is 277 g/mol. The molecule has 0 amide bonds. The Labute approximate surface area is 122 Å². The van der Waals surface area contributed by atoms with Gasteiger partial charge in [0.2, 0.25) is 0 Å². The van der Waals surface area contributed by atoms with Crippen LogP contribution in [0.3, 0.4) is 0 Å². The fourth-order valence-electron chi connectivity index (χ4n) is 2.15. The van der Waals surface area contributed by atoms with E-state index in [4.69, 9.17) is 0 Å². The van der Waals surface area contributed by atoms with Gasteiger partial charge in [-0.1, -0.05) is 42.0 Å². The van der Waals surface area contributed by atoms with Crippen LogP contribution in [0.5, 0.6) is 0 Å². The predicted molar refractivity (Wildman–Crippen MR) is 84.9 cm³/mol. The van der Waals surface area contributed by atoms with E-state index in [-0.39, 0.29) is 5.56 Å². The van der Waals surface area contributed by atoms with Crippen LogP contribution >= 0.6 is 0 Å². The van der Waals surface area contributed by atoms with Crippen molar-refractivity contribution in [3.05, 3.63) is 75.8 Å². The van der Waals surface area contributed by atoms with Gasteiger partial charge in [-0.25, -0.2) is 4.98 Å². The molecule has 4 heteroatoms. The summed E-state index contributed by atoms with van der Waals surface area (Å²) in [4.78, 5) is 16.8.